The lowest BCUT2D eigenvalue weighted by molar-refractivity contribution is 0.0896. The van der Waals surface area contributed by atoms with E-state index in [2.05, 4.69) is 0 Å². The number of ketones is 2. The van der Waals surface area contributed by atoms with Crippen molar-refractivity contribution < 1.29 is 19.1 Å². The van der Waals surface area contributed by atoms with Gasteiger partial charge in [0.1, 0.15) is 11.5 Å². The van der Waals surface area contributed by atoms with Crippen molar-refractivity contribution in [1.82, 2.24) is 0 Å². The SMILES string of the molecule is O=C(CC(=O)c1ccc(OC2CCCCC2)c2ccccc12)c1ccc(OC2CCCCC2)c2ccccc12. The second kappa shape index (κ2) is 11.6. The van der Waals surface area contributed by atoms with Crippen LogP contribution in [0.5, 0.6) is 11.5 Å². The fourth-order valence-electron chi connectivity index (χ4n) is 6.30. The van der Waals surface area contributed by atoms with Crippen LogP contribution in [0.15, 0.2) is 72.8 Å². The van der Waals surface area contributed by atoms with Crippen molar-refractivity contribution in [3.8, 4) is 11.5 Å². The molecule has 2 aliphatic carbocycles. The van der Waals surface area contributed by atoms with Crippen molar-refractivity contribution in [2.24, 2.45) is 0 Å². The van der Waals surface area contributed by atoms with Gasteiger partial charge in [-0.2, -0.15) is 0 Å². The molecule has 0 aliphatic heterocycles. The molecule has 2 aliphatic rings. The maximum absolute atomic E-state index is 13.5. The van der Waals surface area contributed by atoms with Crippen molar-refractivity contribution >= 4 is 33.1 Å². The van der Waals surface area contributed by atoms with Crippen molar-refractivity contribution in [3.05, 3.63) is 83.9 Å². The number of benzene rings is 4. The summed E-state index contributed by atoms with van der Waals surface area (Å²) in [5.74, 6) is 1.29. The minimum Gasteiger partial charge on any atom is -0.490 e. The highest BCUT2D eigenvalue weighted by Gasteiger charge is 2.22. The van der Waals surface area contributed by atoms with Gasteiger partial charge < -0.3 is 9.47 Å². The van der Waals surface area contributed by atoms with Crippen LogP contribution in [-0.2, 0) is 0 Å². The zero-order valence-corrected chi connectivity index (χ0v) is 22.5. The van der Waals surface area contributed by atoms with E-state index >= 15 is 0 Å². The molecule has 0 radical (unpaired) electrons. The van der Waals surface area contributed by atoms with Crippen LogP contribution in [0, 0.1) is 0 Å². The molecule has 0 aromatic heterocycles. The summed E-state index contributed by atoms with van der Waals surface area (Å²) in [5, 5.41) is 3.53. The number of Topliss-reactive ketones (excluding diaryl/α,β-unsaturated/α-hetero) is 2. The van der Waals surface area contributed by atoms with E-state index < -0.39 is 0 Å². The second-order valence-electron chi connectivity index (χ2n) is 11.1. The quantitative estimate of drug-likeness (QED) is 0.172. The van der Waals surface area contributed by atoms with E-state index in [0.717, 1.165) is 58.7 Å². The van der Waals surface area contributed by atoms with E-state index in [1.807, 2.05) is 72.8 Å². The maximum atomic E-state index is 13.5. The molecule has 4 nitrogen and oxygen atoms in total. The molecule has 4 heteroatoms. The second-order valence-corrected chi connectivity index (χ2v) is 11.1. The molecule has 0 amide bonds. The number of rotatable bonds is 8. The average Bonchev–Trinajstić information content (AvgIpc) is 2.98. The Morgan fingerprint density at radius 2 is 0.897 bits per heavy atom. The molecule has 0 atom stereocenters. The van der Waals surface area contributed by atoms with Gasteiger partial charge in [0.15, 0.2) is 11.6 Å². The van der Waals surface area contributed by atoms with Gasteiger partial charge in [0.2, 0.25) is 0 Å². The smallest absolute Gasteiger partial charge is 0.171 e. The molecule has 6 rings (SSSR count). The molecule has 39 heavy (non-hydrogen) atoms. The molecule has 0 spiro atoms. The third-order valence-electron chi connectivity index (χ3n) is 8.38. The Bertz CT molecular complexity index is 1380. The molecule has 0 heterocycles. The first-order valence-electron chi connectivity index (χ1n) is 14.6. The Morgan fingerprint density at radius 3 is 1.31 bits per heavy atom. The highest BCUT2D eigenvalue weighted by Crippen LogP contribution is 2.34. The molecular formula is C35H36O4. The molecule has 0 saturated heterocycles. The van der Waals surface area contributed by atoms with Crippen LogP contribution in [-0.4, -0.2) is 23.8 Å². The standard InChI is InChI=1S/C35H36O4/c36-32(28-19-21-34(30-17-9-7-15-26(28)30)38-24-11-3-1-4-12-24)23-33(37)29-20-22-35(31-18-10-8-16-27(29)31)39-25-13-5-2-6-14-25/h7-10,15-22,24-25H,1-6,11-14,23H2. The number of carbonyl (C=O) groups excluding carboxylic acids is 2. The number of fused-ring (bicyclic) bond motifs is 2. The van der Waals surface area contributed by atoms with Crippen LogP contribution in [0.1, 0.15) is 91.3 Å². The summed E-state index contributed by atoms with van der Waals surface area (Å²) in [5.41, 5.74) is 1.13. The van der Waals surface area contributed by atoms with E-state index in [1.54, 1.807) is 0 Å². The maximum Gasteiger partial charge on any atom is 0.171 e. The van der Waals surface area contributed by atoms with Gasteiger partial charge in [-0.3, -0.25) is 9.59 Å². The highest BCUT2D eigenvalue weighted by atomic mass is 16.5. The summed E-state index contributed by atoms with van der Waals surface area (Å²) in [6.07, 6.45) is 11.9. The minimum absolute atomic E-state index is 0.174. The van der Waals surface area contributed by atoms with Crippen LogP contribution in [0.25, 0.3) is 21.5 Å². The average molecular weight is 521 g/mol. The monoisotopic (exact) mass is 520 g/mol. The minimum atomic E-state index is -0.181. The van der Waals surface area contributed by atoms with E-state index in [-0.39, 0.29) is 30.2 Å². The van der Waals surface area contributed by atoms with Gasteiger partial charge in [0.05, 0.1) is 18.6 Å². The Kier molecular flexibility index (Phi) is 7.62. The normalized spacial score (nSPS) is 16.8. The summed E-state index contributed by atoms with van der Waals surface area (Å²) in [6.45, 7) is 0. The lowest BCUT2D eigenvalue weighted by atomic mass is 9.93. The number of hydrogen-bond donors (Lipinski definition) is 0. The summed E-state index contributed by atoms with van der Waals surface area (Å²) in [7, 11) is 0. The van der Waals surface area contributed by atoms with E-state index in [9.17, 15) is 9.59 Å². The van der Waals surface area contributed by atoms with Crippen molar-refractivity contribution in [1.29, 1.82) is 0 Å². The van der Waals surface area contributed by atoms with Crippen LogP contribution in [0.2, 0.25) is 0 Å². The van der Waals surface area contributed by atoms with Crippen LogP contribution >= 0.6 is 0 Å². The highest BCUT2D eigenvalue weighted by molar-refractivity contribution is 6.21. The van der Waals surface area contributed by atoms with Gasteiger partial charge in [-0.1, -0.05) is 61.4 Å². The number of hydrogen-bond acceptors (Lipinski definition) is 4. The molecule has 0 N–H and O–H groups in total. The van der Waals surface area contributed by atoms with Crippen molar-refractivity contribution in [2.75, 3.05) is 0 Å². The molecule has 4 aromatic rings. The molecule has 200 valence electrons. The van der Waals surface area contributed by atoms with Gasteiger partial charge in [-0.15, -0.1) is 0 Å². The topological polar surface area (TPSA) is 52.6 Å². The number of carbonyl (C=O) groups is 2. The summed E-state index contributed by atoms with van der Waals surface area (Å²) in [6, 6.07) is 23.2. The largest absolute Gasteiger partial charge is 0.490 e. The summed E-state index contributed by atoms with van der Waals surface area (Å²) in [4.78, 5) is 27.0. The lowest BCUT2D eigenvalue weighted by Gasteiger charge is -2.24. The lowest BCUT2D eigenvalue weighted by Crippen LogP contribution is -2.20. The van der Waals surface area contributed by atoms with Crippen LogP contribution < -0.4 is 9.47 Å². The van der Waals surface area contributed by atoms with Gasteiger partial charge in [-0.25, -0.2) is 0 Å². The zero-order chi connectivity index (χ0) is 26.6. The predicted molar refractivity (Wildman–Crippen MR) is 156 cm³/mol. The third-order valence-corrected chi connectivity index (χ3v) is 8.38. The number of ether oxygens (including phenoxy) is 2. The van der Waals surface area contributed by atoms with Gasteiger partial charge in [0, 0.05) is 21.9 Å². The zero-order valence-electron chi connectivity index (χ0n) is 22.5. The summed E-state index contributed by atoms with van der Waals surface area (Å²) >= 11 is 0. The first-order chi connectivity index (χ1) is 19.2. The fourth-order valence-corrected chi connectivity index (χ4v) is 6.30. The van der Waals surface area contributed by atoms with Crippen molar-refractivity contribution in [3.63, 3.8) is 0 Å². The first kappa shape index (κ1) is 25.6. The predicted octanol–water partition coefficient (Wildman–Crippen LogP) is 8.87. The molecule has 2 saturated carbocycles. The molecule has 0 unspecified atom stereocenters. The third kappa shape index (κ3) is 5.56. The van der Waals surface area contributed by atoms with Gasteiger partial charge in [-0.05, 0) is 86.4 Å². The van der Waals surface area contributed by atoms with Crippen LogP contribution in [0.4, 0.5) is 0 Å². The van der Waals surface area contributed by atoms with E-state index in [1.165, 1.54) is 38.5 Å². The Balaban J connectivity index is 1.25. The Labute approximate surface area is 230 Å². The Hall–Kier alpha value is -3.66. The molecule has 0 bridgehead atoms. The van der Waals surface area contributed by atoms with Crippen LogP contribution in [0.3, 0.4) is 0 Å². The molecular weight excluding hydrogens is 484 g/mol. The Morgan fingerprint density at radius 1 is 0.513 bits per heavy atom. The molecule has 2 fully saturated rings. The molecule has 4 aromatic carbocycles. The van der Waals surface area contributed by atoms with E-state index in [0.29, 0.717) is 11.1 Å². The first-order valence-corrected chi connectivity index (χ1v) is 14.6. The van der Waals surface area contributed by atoms with E-state index in [4.69, 9.17) is 9.47 Å². The summed E-state index contributed by atoms with van der Waals surface area (Å²) < 4.78 is 12.8. The fraction of sp³-hybridized carbons (Fsp3) is 0.371. The van der Waals surface area contributed by atoms with Crippen molar-refractivity contribution in [2.45, 2.75) is 82.8 Å². The van der Waals surface area contributed by atoms with Gasteiger partial charge in [0.25, 0.3) is 0 Å². The van der Waals surface area contributed by atoms with Gasteiger partial charge >= 0.3 is 0 Å².